The van der Waals surface area contributed by atoms with Crippen LogP contribution in [0.2, 0.25) is 0 Å². The van der Waals surface area contributed by atoms with Gasteiger partial charge in [-0.25, -0.2) is 0 Å². The second kappa shape index (κ2) is 8.95. The molecule has 0 radical (unpaired) electrons. The third-order valence-corrected chi connectivity index (χ3v) is 4.69. The molecule has 0 aliphatic carbocycles. The van der Waals surface area contributed by atoms with Crippen LogP contribution in [0.4, 0.5) is 0 Å². The number of benzene rings is 3. The molecule has 0 heterocycles. The number of hydrogen-bond acceptors (Lipinski definition) is 1. The van der Waals surface area contributed by atoms with E-state index in [0.717, 1.165) is 0 Å². The van der Waals surface area contributed by atoms with Gasteiger partial charge in [0.1, 0.15) is 0 Å². The van der Waals surface area contributed by atoms with Gasteiger partial charge in [-0.3, -0.25) is 4.99 Å². The monoisotopic (exact) mass is 351 g/mol. The van der Waals surface area contributed by atoms with E-state index in [-0.39, 0.29) is 0 Å². The van der Waals surface area contributed by atoms with E-state index >= 15 is 0 Å². The molecule has 27 heavy (non-hydrogen) atoms. The minimum atomic E-state index is 0.660. The standard InChI is InChI=1S/C26H25N/c1-4-22(23-9-6-5-7-10-23)17-20(2)25-11-8-12-26(18-25)24-15-13-21(14-16-24)19-27-3/h4-18H,3,19H2,1-2H3/b20-17+,22-4+. The first kappa shape index (κ1) is 18.6. The van der Waals surface area contributed by atoms with Gasteiger partial charge in [0.05, 0.1) is 6.54 Å². The average Bonchev–Trinajstić information content (AvgIpc) is 2.73. The molecule has 0 aromatic heterocycles. The van der Waals surface area contributed by atoms with Gasteiger partial charge in [-0.15, -0.1) is 0 Å². The van der Waals surface area contributed by atoms with Crippen LogP contribution in [0.3, 0.4) is 0 Å². The van der Waals surface area contributed by atoms with Gasteiger partial charge in [-0.05, 0) is 65.6 Å². The lowest BCUT2D eigenvalue weighted by molar-refractivity contribution is 1.08. The molecule has 0 saturated heterocycles. The second-order valence-electron chi connectivity index (χ2n) is 6.60. The molecule has 134 valence electrons. The molecule has 0 amide bonds. The topological polar surface area (TPSA) is 12.4 Å². The molecule has 1 heteroatoms. The van der Waals surface area contributed by atoms with Crippen LogP contribution in [0.15, 0.2) is 96.0 Å². The molecule has 0 N–H and O–H groups in total. The zero-order valence-corrected chi connectivity index (χ0v) is 16.0. The Morgan fingerprint density at radius 2 is 1.56 bits per heavy atom. The lowest BCUT2D eigenvalue weighted by Crippen LogP contribution is -1.86. The van der Waals surface area contributed by atoms with Gasteiger partial charge in [-0.1, -0.05) is 84.9 Å². The Morgan fingerprint density at radius 1 is 0.852 bits per heavy atom. The Kier molecular flexibility index (Phi) is 6.17. The molecule has 0 unspecified atom stereocenters. The summed E-state index contributed by atoms with van der Waals surface area (Å²) in [6.45, 7) is 8.48. The van der Waals surface area contributed by atoms with E-state index in [1.807, 2.05) is 6.07 Å². The van der Waals surface area contributed by atoms with E-state index in [2.05, 4.69) is 111 Å². The highest BCUT2D eigenvalue weighted by Gasteiger charge is 2.03. The summed E-state index contributed by atoms with van der Waals surface area (Å²) in [7, 11) is 0. The second-order valence-corrected chi connectivity index (χ2v) is 6.60. The summed E-state index contributed by atoms with van der Waals surface area (Å²) >= 11 is 0. The first-order valence-electron chi connectivity index (χ1n) is 9.23. The minimum Gasteiger partial charge on any atom is -0.296 e. The molecule has 3 rings (SSSR count). The zero-order valence-electron chi connectivity index (χ0n) is 16.0. The van der Waals surface area contributed by atoms with Gasteiger partial charge >= 0.3 is 0 Å². The summed E-state index contributed by atoms with van der Waals surface area (Å²) in [5.74, 6) is 0. The van der Waals surface area contributed by atoms with Crippen molar-refractivity contribution < 1.29 is 0 Å². The Morgan fingerprint density at radius 3 is 2.22 bits per heavy atom. The van der Waals surface area contributed by atoms with Gasteiger partial charge in [-0.2, -0.15) is 0 Å². The van der Waals surface area contributed by atoms with Crippen LogP contribution < -0.4 is 0 Å². The van der Waals surface area contributed by atoms with Gasteiger partial charge < -0.3 is 0 Å². The molecule has 0 saturated carbocycles. The van der Waals surface area contributed by atoms with E-state index in [4.69, 9.17) is 0 Å². The molecular formula is C26H25N. The summed E-state index contributed by atoms with van der Waals surface area (Å²) in [5.41, 5.74) is 8.58. The van der Waals surface area contributed by atoms with Gasteiger partial charge in [0.15, 0.2) is 0 Å². The molecule has 0 fully saturated rings. The summed E-state index contributed by atoms with van der Waals surface area (Å²) < 4.78 is 0. The fourth-order valence-electron chi connectivity index (χ4n) is 3.16. The van der Waals surface area contributed by atoms with E-state index in [1.165, 1.54) is 39.0 Å². The van der Waals surface area contributed by atoms with Crippen LogP contribution in [0.25, 0.3) is 22.3 Å². The minimum absolute atomic E-state index is 0.660. The number of rotatable bonds is 6. The molecule has 1 nitrogen and oxygen atoms in total. The summed E-state index contributed by atoms with van der Waals surface area (Å²) in [6.07, 6.45) is 4.42. The maximum Gasteiger partial charge on any atom is 0.0632 e. The smallest absolute Gasteiger partial charge is 0.0632 e. The van der Waals surface area contributed by atoms with Crippen LogP contribution in [0.5, 0.6) is 0 Å². The number of aliphatic imine (C=N–C) groups is 1. The lowest BCUT2D eigenvalue weighted by atomic mass is 9.96. The largest absolute Gasteiger partial charge is 0.296 e. The first-order chi connectivity index (χ1) is 13.2. The Hall–Kier alpha value is -3.19. The van der Waals surface area contributed by atoms with Crippen LogP contribution in [-0.4, -0.2) is 6.72 Å². The molecule has 0 bridgehead atoms. The highest BCUT2D eigenvalue weighted by atomic mass is 14.7. The molecule has 0 spiro atoms. The fourth-order valence-corrected chi connectivity index (χ4v) is 3.16. The zero-order chi connectivity index (χ0) is 19.1. The molecule has 3 aromatic rings. The van der Waals surface area contributed by atoms with Crippen molar-refractivity contribution >= 4 is 17.9 Å². The van der Waals surface area contributed by atoms with Crippen molar-refractivity contribution in [2.45, 2.75) is 20.4 Å². The van der Waals surface area contributed by atoms with E-state index in [9.17, 15) is 0 Å². The van der Waals surface area contributed by atoms with Crippen LogP contribution in [0.1, 0.15) is 30.5 Å². The van der Waals surface area contributed by atoms with Crippen LogP contribution in [0, 0.1) is 0 Å². The van der Waals surface area contributed by atoms with Crippen molar-refractivity contribution in [1.82, 2.24) is 0 Å². The molecule has 0 aliphatic heterocycles. The van der Waals surface area contributed by atoms with Crippen molar-refractivity contribution in [3.05, 3.63) is 108 Å². The molecule has 0 atom stereocenters. The molecule has 3 aromatic carbocycles. The van der Waals surface area contributed by atoms with Crippen molar-refractivity contribution in [3.8, 4) is 11.1 Å². The highest BCUT2D eigenvalue weighted by Crippen LogP contribution is 2.26. The predicted octanol–water partition coefficient (Wildman–Crippen LogP) is 7.06. The Balaban J connectivity index is 1.89. The van der Waals surface area contributed by atoms with Gasteiger partial charge in [0, 0.05) is 0 Å². The van der Waals surface area contributed by atoms with E-state index in [1.54, 1.807) is 0 Å². The number of allylic oxidation sites excluding steroid dienone is 4. The third kappa shape index (κ3) is 4.71. The quantitative estimate of drug-likeness (QED) is 0.333. The highest BCUT2D eigenvalue weighted by molar-refractivity contribution is 5.84. The average molecular weight is 351 g/mol. The SMILES string of the molecule is C=NCc1ccc(-c2cccc(/C(C)=C/C(=C\C)c3ccccc3)c2)cc1. The summed E-state index contributed by atoms with van der Waals surface area (Å²) in [5, 5.41) is 0. The summed E-state index contributed by atoms with van der Waals surface area (Å²) in [6, 6.07) is 27.7. The fraction of sp³-hybridized carbons (Fsp3) is 0.115. The van der Waals surface area contributed by atoms with Crippen LogP contribution >= 0.6 is 0 Å². The number of hydrogen-bond donors (Lipinski definition) is 0. The van der Waals surface area contributed by atoms with Crippen molar-refractivity contribution in [2.75, 3.05) is 0 Å². The van der Waals surface area contributed by atoms with Crippen LogP contribution in [-0.2, 0) is 6.54 Å². The first-order valence-corrected chi connectivity index (χ1v) is 9.23. The van der Waals surface area contributed by atoms with E-state index < -0.39 is 0 Å². The molecular weight excluding hydrogens is 326 g/mol. The third-order valence-electron chi connectivity index (χ3n) is 4.69. The lowest BCUT2D eigenvalue weighted by Gasteiger charge is -2.09. The van der Waals surface area contributed by atoms with Crippen molar-refractivity contribution in [2.24, 2.45) is 4.99 Å². The van der Waals surface area contributed by atoms with Crippen molar-refractivity contribution in [1.29, 1.82) is 0 Å². The predicted molar refractivity (Wildman–Crippen MR) is 119 cm³/mol. The van der Waals surface area contributed by atoms with Gasteiger partial charge in [0.25, 0.3) is 0 Å². The van der Waals surface area contributed by atoms with Crippen molar-refractivity contribution in [3.63, 3.8) is 0 Å². The maximum absolute atomic E-state index is 3.94. The summed E-state index contributed by atoms with van der Waals surface area (Å²) in [4.78, 5) is 3.94. The van der Waals surface area contributed by atoms with E-state index in [0.29, 0.717) is 6.54 Å². The Labute approximate surface area is 162 Å². The Bertz CT molecular complexity index is 961. The van der Waals surface area contributed by atoms with Gasteiger partial charge in [0.2, 0.25) is 0 Å². The normalized spacial score (nSPS) is 12.1. The number of nitrogens with zero attached hydrogens (tertiary/aromatic N) is 1. The molecule has 0 aliphatic rings. The maximum atomic E-state index is 3.94.